The Bertz CT molecular complexity index is 1090. The van der Waals surface area contributed by atoms with Gasteiger partial charge in [-0.15, -0.1) is 0 Å². The smallest absolute Gasteiger partial charge is 0.315 e. The first-order valence-corrected chi connectivity index (χ1v) is 10.8. The SMILES string of the molecule is COc1cccc([C@H]2C3=C(CCCC3=O)N=C(C)C2C(=O)OCc2ccccc2)c1OC. The van der Waals surface area contributed by atoms with Crippen LogP contribution in [-0.4, -0.2) is 31.7 Å². The van der Waals surface area contributed by atoms with Crippen molar-refractivity contribution in [2.24, 2.45) is 10.9 Å². The van der Waals surface area contributed by atoms with Gasteiger partial charge in [-0.25, -0.2) is 0 Å². The number of Topliss-reactive ketones (excluding diaryl/α,β-unsaturated/α-hetero) is 1. The summed E-state index contributed by atoms with van der Waals surface area (Å²) in [7, 11) is 3.13. The molecule has 0 fully saturated rings. The predicted octanol–water partition coefficient (Wildman–Crippen LogP) is 4.63. The van der Waals surface area contributed by atoms with E-state index in [9.17, 15) is 9.59 Å². The van der Waals surface area contributed by atoms with Crippen molar-refractivity contribution in [3.05, 3.63) is 70.9 Å². The number of benzene rings is 2. The highest BCUT2D eigenvalue weighted by Gasteiger charge is 2.44. The van der Waals surface area contributed by atoms with Gasteiger partial charge in [0.15, 0.2) is 17.3 Å². The molecule has 1 aliphatic heterocycles. The van der Waals surface area contributed by atoms with Gasteiger partial charge in [0.2, 0.25) is 0 Å². The fourth-order valence-corrected chi connectivity index (χ4v) is 4.62. The number of nitrogens with zero attached hydrogens (tertiary/aromatic N) is 1. The van der Waals surface area contributed by atoms with Crippen LogP contribution in [0.5, 0.6) is 11.5 Å². The second-order valence-corrected chi connectivity index (χ2v) is 8.02. The predicted molar refractivity (Wildman–Crippen MR) is 121 cm³/mol. The van der Waals surface area contributed by atoms with Crippen LogP contribution in [0.4, 0.5) is 0 Å². The highest BCUT2D eigenvalue weighted by atomic mass is 16.5. The zero-order valence-corrected chi connectivity index (χ0v) is 18.6. The Labute approximate surface area is 187 Å². The first-order valence-electron chi connectivity index (χ1n) is 10.8. The van der Waals surface area contributed by atoms with Crippen LogP contribution in [-0.2, 0) is 20.9 Å². The molecular weight excluding hydrogens is 406 g/mol. The molecule has 32 heavy (non-hydrogen) atoms. The molecule has 6 nitrogen and oxygen atoms in total. The summed E-state index contributed by atoms with van der Waals surface area (Å²) in [6.07, 6.45) is 1.93. The van der Waals surface area contributed by atoms with Crippen LogP contribution in [0, 0.1) is 5.92 Å². The van der Waals surface area contributed by atoms with Crippen LogP contribution in [0.3, 0.4) is 0 Å². The standard InChI is InChI=1S/C26H27NO5/c1-16-22(26(29)32-15-17-9-5-4-6-10-17)23(24-19(27-16)12-8-13-20(24)28)18-11-7-14-21(30-2)25(18)31-3/h4-7,9-11,14,22-23H,8,12-13,15H2,1-3H3/t22?,23-/m1/s1. The van der Waals surface area contributed by atoms with Crippen LogP contribution >= 0.6 is 0 Å². The topological polar surface area (TPSA) is 74.2 Å². The minimum Gasteiger partial charge on any atom is -0.493 e. The van der Waals surface area contributed by atoms with E-state index in [1.165, 1.54) is 0 Å². The van der Waals surface area contributed by atoms with Gasteiger partial charge < -0.3 is 14.2 Å². The number of rotatable bonds is 6. The van der Waals surface area contributed by atoms with E-state index in [1.54, 1.807) is 20.3 Å². The number of aliphatic imine (C=N–C) groups is 1. The molecule has 1 aliphatic carbocycles. The van der Waals surface area contributed by atoms with Gasteiger partial charge in [-0.3, -0.25) is 14.6 Å². The number of ether oxygens (including phenoxy) is 3. The van der Waals surface area contributed by atoms with Crippen LogP contribution in [0.2, 0.25) is 0 Å². The van der Waals surface area contributed by atoms with Crippen molar-refractivity contribution >= 4 is 17.5 Å². The van der Waals surface area contributed by atoms with Crippen LogP contribution in [0.1, 0.15) is 43.2 Å². The van der Waals surface area contributed by atoms with E-state index in [0.717, 1.165) is 23.2 Å². The number of carbonyl (C=O) groups is 2. The summed E-state index contributed by atoms with van der Waals surface area (Å²) < 4.78 is 16.9. The third-order valence-electron chi connectivity index (χ3n) is 6.08. The second-order valence-electron chi connectivity index (χ2n) is 8.02. The molecular formula is C26H27NO5. The zero-order chi connectivity index (χ0) is 22.7. The van der Waals surface area contributed by atoms with Crippen molar-refractivity contribution in [1.29, 1.82) is 0 Å². The number of hydrogen-bond donors (Lipinski definition) is 0. The number of allylic oxidation sites excluding steroid dienone is 2. The Balaban J connectivity index is 1.78. The minimum absolute atomic E-state index is 0.0261. The second kappa shape index (κ2) is 9.39. The van der Waals surface area contributed by atoms with E-state index in [1.807, 2.05) is 49.4 Å². The molecule has 0 radical (unpaired) electrons. The lowest BCUT2D eigenvalue weighted by atomic mass is 9.71. The lowest BCUT2D eigenvalue weighted by molar-refractivity contribution is -0.148. The largest absolute Gasteiger partial charge is 0.493 e. The summed E-state index contributed by atoms with van der Waals surface area (Å²) in [5.74, 6) is -0.579. The molecule has 2 aromatic carbocycles. The number of carbonyl (C=O) groups excluding carboxylic acids is 2. The number of ketones is 1. The van der Waals surface area contributed by atoms with Gasteiger partial charge in [-0.1, -0.05) is 42.5 Å². The molecule has 2 atom stereocenters. The van der Waals surface area contributed by atoms with Crippen molar-refractivity contribution in [3.8, 4) is 11.5 Å². The summed E-state index contributed by atoms with van der Waals surface area (Å²) in [5.41, 5.74) is 3.63. The Morgan fingerprint density at radius 2 is 1.81 bits per heavy atom. The highest BCUT2D eigenvalue weighted by molar-refractivity contribution is 6.09. The van der Waals surface area contributed by atoms with Crippen LogP contribution in [0.25, 0.3) is 0 Å². The molecule has 166 valence electrons. The molecule has 0 saturated heterocycles. The van der Waals surface area contributed by atoms with Crippen molar-refractivity contribution < 1.29 is 23.8 Å². The zero-order valence-electron chi connectivity index (χ0n) is 18.6. The quantitative estimate of drug-likeness (QED) is 0.621. The Hall–Kier alpha value is -3.41. The number of para-hydroxylation sites is 1. The van der Waals surface area contributed by atoms with Crippen molar-refractivity contribution in [1.82, 2.24) is 0 Å². The highest BCUT2D eigenvalue weighted by Crippen LogP contribution is 2.48. The van der Waals surface area contributed by atoms with E-state index >= 15 is 0 Å². The third kappa shape index (κ3) is 4.05. The van der Waals surface area contributed by atoms with Gasteiger partial charge in [0.25, 0.3) is 0 Å². The normalized spacial score (nSPS) is 20.3. The maximum atomic E-state index is 13.4. The molecule has 0 bridgehead atoms. The fraction of sp³-hybridized carbons (Fsp3) is 0.346. The average molecular weight is 434 g/mol. The van der Waals surface area contributed by atoms with E-state index < -0.39 is 17.8 Å². The molecule has 1 unspecified atom stereocenters. The van der Waals surface area contributed by atoms with Gasteiger partial charge >= 0.3 is 5.97 Å². The maximum absolute atomic E-state index is 13.4. The first-order chi connectivity index (χ1) is 15.5. The van der Waals surface area contributed by atoms with E-state index in [4.69, 9.17) is 14.2 Å². The minimum atomic E-state index is -0.722. The van der Waals surface area contributed by atoms with Crippen LogP contribution in [0.15, 0.2) is 64.8 Å². The molecule has 0 amide bonds. The molecule has 4 rings (SSSR count). The number of esters is 1. The molecule has 0 aromatic heterocycles. The third-order valence-corrected chi connectivity index (χ3v) is 6.08. The van der Waals surface area contributed by atoms with Crippen molar-refractivity contribution in [2.75, 3.05) is 14.2 Å². The Morgan fingerprint density at radius 3 is 2.53 bits per heavy atom. The van der Waals surface area contributed by atoms with Crippen molar-refractivity contribution in [2.45, 2.75) is 38.7 Å². The Kier molecular flexibility index (Phi) is 6.40. The lowest BCUT2D eigenvalue weighted by Crippen LogP contribution is -2.37. The number of methoxy groups -OCH3 is 2. The van der Waals surface area contributed by atoms with Crippen molar-refractivity contribution in [3.63, 3.8) is 0 Å². The molecule has 2 aromatic rings. The Morgan fingerprint density at radius 1 is 1.03 bits per heavy atom. The molecule has 2 aliphatic rings. The summed E-state index contributed by atoms with van der Waals surface area (Å²) in [4.78, 5) is 31.1. The molecule has 0 saturated carbocycles. The molecule has 6 heteroatoms. The lowest BCUT2D eigenvalue weighted by Gasteiger charge is -2.35. The fourth-order valence-electron chi connectivity index (χ4n) is 4.62. The number of hydrogen-bond acceptors (Lipinski definition) is 6. The van der Waals surface area contributed by atoms with Gasteiger partial charge in [0.1, 0.15) is 12.5 Å². The van der Waals surface area contributed by atoms with Crippen LogP contribution < -0.4 is 9.47 Å². The van der Waals surface area contributed by atoms with E-state index in [2.05, 4.69) is 4.99 Å². The summed E-state index contributed by atoms with van der Waals surface area (Å²) in [6, 6.07) is 15.1. The van der Waals surface area contributed by atoms with E-state index in [0.29, 0.717) is 35.6 Å². The summed E-state index contributed by atoms with van der Waals surface area (Å²) in [6.45, 7) is 1.99. The maximum Gasteiger partial charge on any atom is 0.315 e. The van der Waals surface area contributed by atoms with E-state index in [-0.39, 0.29) is 12.4 Å². The molecule has 0 N–H and O–H groups in total. The molecule has 0 spiro atoms. The van der Waals surface area contributed by atoms with Gasteiger partial charge in [0.05, 0.1) is 14.2 Å². The van der Waals surface area contributed by atoms with Gasteiger partial charge in [-0.2, -0.15) is 0 Å². The summed E-state index contributed by atoms with van der Waals surface area (Å²) in [5, 5.41) is 0. The molecule has 1 heterocycles. The summed E-state index contributed by atoms with van der Waals surface area (Å²) >= 11 is 0. The first kappa shape index (κ1) is 21.8. The average Bonchev–Trinajstić information content (AvgIpc) is 2.81. The van der Waals surface area contributed by atoms with Gasteiger partial charge in [0, 0.05) is 34.9 Å². The monoisotopic (exact) mass is 433 g/mol. The van der Waals surface area contributed by atoms with Gasteiger partial charge in [-0.05, 0) is 31.4 Å².